The van der Waals surface area contributed by atoms with Crippen LogP contribution in [0.4, 0.5) is 0 Å². The topological polar surface area (TPSA) is 20.3 Å². The minimum atomic E-state index is 0.215. The Bertz CT molecular complexity index is 460. The Morgan fingerprint density at radius 2 is 1.52 bits per heavy atom. The molecule has 0 aliphatic carbocycles. The average Bonchev–Trinajstić information content (AvgIpc) is 2.84. The first-order valence-electron chi connectivity index (χ1n) is 7.97. The summed E-state index contributed by atoms with van der Waals surface area (Å²) in [5.74, 6) is 2.73. The molecule has 2 nitrogen and oxygen atoms in total. The van der Waals surface area contributed by atoms with Crippen LogP contribution in [0.2, 0.25) is 0 Å². The number of carbonyl (C=O) groups excluding carboxylic acids is 1. The van der Waals surface area contributed by atoms with Gasteiger partial charge in [0.1, 0.15) is 0 Å². The van der Waals surface area contributed by atoms with Crippen LogP contribution in [0.15, 0.2) is 24.3 Å². The van der Waals surface area contributed by atoms with Crippen molar-refractivity contribution in [2.75, 3.05) is 24.6 Å². The van der Waals surface area contributed by atoms with Crippen molar-refractivity contribution in [1.29, 1.82) is 0 Å². The van der Waals surface area contributed by atoms with Crippen LogP contribution >= 0.6 is 23.5 Å². The molecule has 2 fully saturated rings. The van der Waals surface area contributed by atoms with Gasteiger partial charge in [-0.3, -0.25) is 4.79 Å². The lowest BCUT2D eigenvalue weighted by atomic mass is 10.1. The van der Waals surface area contributed by atoms with E-state index in [1.807, 2.05) is 40.6 Å². The number of amides is 1. The highest BCUT2D eigenvalue weighted by molar-refractivity contribution is 8.16. The summed E-state index contributed by atoms with van der Waals surface area (Å²) in [6, 6.07) is 8.36. The Balaban J connectivity index is 1.66. The second-order valence-corrected chi connectivity index (χ2v) is 8.48. The fourth-order valence-corrected chi connectivity index (χ4v) is 5.81. The Hall–Kier alpha value is -0.610. The minimum absolute atomic E-state index is 0.215. The first kappa shape index (κ1) is 15.3. The van der Waals surface area contributed by atoms with Crippen LogP contribution in [-0.2, 0) is 0 Å². The summed E-state index contributed by atoms with van der Waals surface area (Å²) in [5, 5.41) is 0. The van der Waals surface area contributed by atoms with Crippen LogP contribution in [-0.4, -0.2) is 35.4 Å². The molecule has 2 aliphatic heterocycles. The molecule has 4 heteroatoms. The van der Waals surface area contributed by atoms with Crippen LogP contribution in [0, 0.1) is 0 Å². The first-order valence-corrected chi connectivity index (χ1v) is 10.1. The highest BCUT2D eigenvalue weighted by Crippen LogP contribution is 2.43. The molecule has 0 spiro atoms. The van der Waals surface area contributed by atoms with Crippen molar-refractivity contribution >= 4 is 29.4 Å². The van der Waals surface area contributed by atoms with Crippen LogP contribution in [0.5, 0.6) is 0 Å². The summed E-state index contributed by atoms with van der Waals surface area (Å²) < 4.78 is 0.557. The van der Waals surface area contributed by atoms with E-state index in [1.54, 1.807) is 0 Å². The molecule has 1 amide bonds. The van der Waals surface area contributed by atoms with Gasteiger partial charge in [0.15, 0.2) is 0 Å². The second kappa shape index (κ2) is 7.59. The molecule has 0 radical (unpaired) electrons. The second-order valence-electron chi connectivity index (χ2n) is 5.76. The van der Waals surface area contributed by atoms with E-state index in [1.165, 1.54) is 36.3 Å². The van der Waals surface area contributed by atoms with Crippen molar-refractivity contribution in [1.82, 2.24) is 4.90 Å². The van der Waals surface area contributed by atoms with Crippen LogP contribution in [0.25, 0.3) is 0 Å². The molecule has 0 atom stereocenters. The fraction of sp³-hybridized carbons (Fsp3) is 0.588. The van der Waals surface area contributed by atoms with Gasteiger partial charge in [-0.25, -0.2) is 0 Å². The van der Waals surface area contributed by atoms with E-state index in [0.29, 0.717) is 4.58 Å². The van der Waals surface area contributed by atoms with Gasteiger partial charge in [-0.1, -0.05) is 25.0 Å². The molecule has 0 unspecified atom stereocenters. The highest BCUT2D eigenvalue weighted by Gasteiger charge is 2.19. The third-order valence-electron chi connectivity index (χ3n) is 4.15. The van der Waals surface area contributed by atoms with E-state index >= 15 is 0 Å². The Labute approximate surface area is 136 Å². The third-order valence-corrected chi connectivity index (χ3v) is 7.17. The lowest BCUT2D eigenvalue weighted by Gasteiger charge is -2.22. The number of benzene rings is 1. The Morgan fingerprint density at radius 3 is 2.14 bits per heavy atom. The molecule has 2 saturated heterocycles. The predicted molar refractivity (Wildman–Crippen MR) is 93.1 cm³/mol. The molecule has 1 aromatic carbocycles. The lowest BCUT2D eigenvalue weighted by Crippen LogP contribution is -2.31. The predicted octanol–water partition coefficient (Wildman–Crippen LogP) is 4.57. The van der Waals surface area contributed by atoms with Crippen molar-refractivity contribution in [2.24, 2.45) is 0 Å². The van der Waals surface area contributed by atoms with Gasteiger partial charge in [0.05, 0.1) is 4.58 Å². The van der Waals surface area contributed by atoms with Crippen molar-refractivity contribution in [2.45, 2.75) is 36.7 Å². The maximum Gasteiger partial charge on any atom is 0.253 e. The molecule has 0 saturated carbocycles. The lowest BCUT2D eigenvalue weighted by molar-refractivity contribution is 0.0761. The summed E-state index contributed by atoms with van der Waals surface area (Å²) in [5.41, 5.74) is 2.21. The summed E-state index contributed by atoms with van der Waals surface area (Å²) in [7, 11) is 0. The number of carbonyl (C=O) groups is 1. The number of rotatable bonds is 2. The summed E-state index contributed by atoms with van der Waals surface area (Å²) in [6.07, 6.45) is 6.15. The monoisotopic (exact) mass is 321 g/mol. The number of likely N-dealkylation sites (tertiary alicyclic amines) is 1. The van der Waals surface area contributed by atoms with Crippen LogP contribution in [0.1, 0.15) is 52.6 Å². The summed E-state index contributed by atoms with van der Waals surface area (Å²) >= 11 is 4.06. The van der Waals surface area contributed by atoms with Crippen LogP contribution < -0.4 is 0 Å². The van der Waals surface area contributed by atoms with Gasteiger partial charge in [-0.15, -0.1) is 23.5 Å². The molecular formula is C17H23NOS2. The number of hydrogen-bond donors (Lipinski definition) is 0. The van der Waals surface area contributed by atoms with Gasteiger partial charge in [-0.2, -0.15) is 0 Å². The van der Waals surface area contributed by atoms with Crippen molar-refractivity contribution < 1.29 is 4.79 Å². The molecule has 0 N–H and O–H groups in total. The number of thioether (sulfide) groups is 2. The van der Waals surface area contributed by atoms with E-state index in [4.69, 9.17) is 0 Å². The van der Waals surface area contributed by atoms with Gasteiger partial charge in [-0.05, 0) is 48.5 Å². The average molecular weight is 322 g/mol. The zero-order valence-corrected chi connectivity index (χ0v) is 14.1. The van der Waals surface area contributed by atoms with E-state index in [0.717, 1.165) is 31.5 Å². The molecule has 21 heavy (non-hydrogen) atoms. The quantitative estimate of drug-likeness (QED) is 0.796. The zero-order chi connectivity index (χ0) is 14.5. The van der Waals surface area contributed by atoms with Crippen molar-refractivity contribution in [3.8, 4) is 0 Å². The molecule has 114 valence electrons. The molecule has 2 aliphatic rings. The van der Waals surface area contributed by atoms with Gasteiger partial charge >= 0.3 is 0 Å². The molecule has 3 rings (SSSR count). The standard InChI is InChI=1S/C17H23NOS2/c19-16(18-10-3-1-2-4-11-18)14-6-8-15(9-7-14)17-20-12-5-13-21-17/h6-9,17H,1-5,10-13H2. The summed E-state index contributed by atoms with van der Waals surface area (Å²) in [4.78, 5) is 14.6. The molecule has 1 aromatic rings. The van der Waals surface area contributed by atoms with Gasteiger partial charge in [0.2, 0.25) is 0 Å². The summed E-state index contributed by atoms with van der Waals surface area (Å²) in [6.45, 7) is 1.85. The van der Waals surface area contributed by atoms with Gasteiger partial charge < -0.3 is 4.90 Å². The SMILES string of the molecule is O=C(c1ccc(C2SCCCS2)cc1)N1CCCCCC1. The number of hydrogen-bond acceptors (Lipinski definition) is 3. The smallest absolute Gasteiger partial charge is 0.253 e. The molecular weight excluding hydrogens is 298 g/mol. The molecule has 0 bridgehead atoms. The van der Waals surface area contributed by atoms with Crippen molar-refractivity contribution in [3.63, 3.8) is 0 Å². The van der Waals surface area contributed by atoms with E-state index in [-0.39, 0.29) is 5.91 Å². The van der Waals surface area contributed by atoms with Gasteiger partial charge in [0.25, 0.3) is 5.91 Å². The number of nitrogens with zero attached hydrogens (tertiary/aromatic N) is 1. The van der Waals surface area contributed by atoms with Crippen LogP contribution in [0.3, 0.4) is 0 Å². The first-order chi connectivity index (χ1) is 10.3. The third kappa shape index (κ3) is 3.98. The van der Waals surface area contributed by atoms with Crippen molar-refractivity contribution in [3.05, 3.63) is 35.4 Å². The zero-order valence-electron chi connectivity index (χ0n) is 12.4. The van der Waals surface area contributed by atoms with E-state index in [9.17, 15) is 4.79 Å². The normalized spacial score (nSPS) is 21.0. The molecule has 0 aromatic heterocycles. The maximum atomic E-state index is 12.6. The minimum Gasteiger partial charge on any atom is -0.339 e. The fourth-order valence-electron chi connectivity index (χ4n) is 2.92. The van der Waals surface area contributed by atoms with E-state index in [2.05, 4.69) is 12.1 Å². The van der Waals surface area contributed by atoms with Gasteiger partial charge in [0, 0.05) is 18.7 Å². The Kier molecular flexibility index (Phi) is 5.53. The molecule has 2 heterocycles. The maximum absolute atomic E-state index is 12.6. The largest absolute Gasteiger partial charge is 0.339 e. The van der Waals surface area contributed by atoms with E-state index < -0.39 is 0 Å². The Morgan fingerprint density at radius 1 is 0.905 bits per heavy atom. The highest BCUT2D eigenvalue weighted by atomic mass is 32.2.